The van der Waals surface area contributed by atoms with Gasteiger partial charge in [0, 0.05) is 6.54 Å². The molecule has 0 aromatic heterocycles. The molecule has 7 heteroatoms. The van der Waals surface area contributed by atoms with E-state index in [1.54, 1.807) is 12.1 Å². The summed E-state index contributed by atoms with van der Waals surface area (Å²) in [6.07, 6.45) is 8.61. The summed E-state index contributed by atoms with van der Waals surface area (Å²) in [5.41, 5.74) is 1.78. The third-order valence-electron chi connectivity index (χ3n) is 4.13. The number of hydrogen-bond acceptors (Lipinski definition) is 4. The van der Waals surface area contributed by atoms with Crippen LogP contribution in [0.1, 0.15) is 37.7 Å². The SMILES string of the molecule is CS(=O)(=O)N(CC(=O)NCCC1=CCCCC1)c1ccccc1C#N. The highest BCUT2D eigenvalue weighted by Gasteiger charge is 2.23. The average molecular weight is 361 g/mol. The number of sulfonamides is 1. The highest BCUT2D eigenvalue weighted by molar-refractivity contribution is 7.92. The Labute approximate surface area is 149 Å². The molecule has 134 valence electrons. The molecule has 1 N–H and O–H groups in total. The quantitative estimate of drug-likeness (QED) is 0.755. The van der Waals surface area contributed by atoms with Crippen molar-refractivity contribution >= 4 is 21.6 Å². The predicted octanol–water partition coefficient (Wildman–Crippen LogP) is 2.33. The van der Waals surface area contributed by atoms with Gasteiger partial charge in [0.05, 0.1) is 17.5 Å². The molecule has 0 unspecified atom stereocenters. The van der Waals surface area contributed by atoms with E-state index < -0.39 is 10.0 Å². The number of benzene rings is 1. The van der Waals surface area contributed by atoms with Crippen molar-refractivity contribution in [1.29, 1.82) is 5.26 Å². The van der Waals surface area contributed by atoms with Crippen LogP contribution in [0.3, 0.4) is 0 Å². The summed E-state index contributed by atoms with van der Waals surface area (Å²) in [7, 11) is -3.68. The van der Waals surface area contributed by atoms with Gasteiger partial charge in [-0.15, -0.1) is 0 Å². The maximum atomic E-state index is 12.2. The summed E-state index contributed by atoms with van der Waals surface area (Å²) in [4.78, 5) is 12.2. The van der Waals surface area contributed by atoms with Crippen molar-refractivity contribution < 1.29 is 13.2 Å². The molecule has 0 radical (unpaired) electrons. The van der Waals surface area contributed by atoms with Crippen molar-refractivity contribution in [2.75, 3.05) is 23.7 Å². The molecule has 1 amide bonds. The highest BCUT2D eigenvalue weighted by Crippen LogP contribution is 2.22. The zero-order chi connectivity index (χ0) is 18.3. The highest BCUT2D eigenvalue weighted by atomic mass is 32.2. The van der Waals surface area contributed by atoms with Gasteiger partial charge in [0.25, 0.3) is 0 Å². The molecule has 0 saturated heterocycles. The molecule has 25 heavy (non-hydrogen) atoms. The zero-order valence-corrected chi connectivity index (χ0v) is 15.2. The number of para-hydroxylation sites is 1. The van der Waals surface area contributed by atoms with Gasteiger partial charge in [0.1, 0.15) is 12.6 Å². The van der Waals surface area contributed by atoms with Crippen LogP contribution in [0.5, 0.6) is 0 Å². The summed E-state index contributed by atoms with van der Waals surface area (Å²) in [6.45, 7) is 0.152. The molecule has 1 aliphatic carbocycles. The lowest BCUT2D eigenvalue weighted by atomic mass is 9.97. The zero-order valence-electron chi connectivity index (χ0n) is 14.4. The standard InChI is InChI=1S/C18H23N3O3S/c1-25(23,24)21(17-10-6-5-9-16(17)13-19)14-18(22)20-12-11-15-7-3-2-4-8-15/h5-7,9-10H,2-4,8,11-12,14H2,1H3,(H,20,22). The van der Waals surface area contributed by atoms with Crippen molar-refractivity contribution in [1.82, 2.24) is 5.32 Å². The van der Waals surface area contributed by atoms with Crippen LogP contribution in [0.15, 0.2) is 35.9 Å². The Hall–Kier alpha value is -2.33. The lowest BCUT2D eigenvalue weighted by molar-refractivity contribution is -0.119. The monoisotopic (exact) mass is 361 g/mol. The molecular weight excluding hydrogens is 338 g/mol. The average Bonchev–Trinajstić information content (AvgIpc) is 2.59. The van der Waals surface area contributed by atoms with Gasteiger partial charge in [-0.3, -0.25) is 9.10 Å². The van der Waals surface area contributed by atoms with E-state index in [9.17, 15) is 18.5 Å². The van der Waals surface area contributed by atoms with E-state index in [1.165, 1.54) is 30.5 Å². The van der Waals surface area contributed by atoms with E-state index in [0.717, 1.165) is 29.8 Å². The molecule has 0 spiro atoms. The molecule has 0 fully saturated rings. The topological polar surface area (TPSA) is 90.3 Å². The summed E-state index contributed by atoms with van der Waals surface area (Å²) >= 11 is 0. The van der Waals surface area contributed by atoms with Crippen LogP contribution in [0.2, 0.25) is 0 Å². The number of carbonyl (C=O) groups is 1. The van der Waals surface area contributed by atoms with E-state index in [4.69, 9.17) is 0 Å². The molecule has 1 aliphatic rings. The number of nitriles is 1. The van der Waals surface area contributed by atoms with Crippen LogP contribution in [-0.4, -0.2) is 33.7 Å². The number of nitrogens with zero attached hydrogens (tertiary/aromatic N) is 2. The fraction of sp³-hybridized carbons (Fsp3) is 0.444. The molecule has 0 heterocycles. The summed E-state index contributed by atoms with van der Waals surface area (Å²) in [5, 5.41) is 11.9. The second-order valence-electron chi connectivity index (χ2n) is 6.11. The Morgan fingerprint density at radius 2 is 2.08 bits per heavy atom. The molecule has 1 aromatic carbocycles. The fourth-order valence-corrected chi connectivity index (χ4v) is 3.72. The van der Waals surface area contributed by atoms with Gasteiger partial charge < -0.3 is 5.32 Å². The van der Waals surface area contributed by atoms with Gasteiger partial charge in [-0.05, 0) is 44.2 Å². The molecule has 0 saturated carbocycles. The number of rotatable bonds is 7. The normalized spacial score (nSPS) is 14.3. The van der Waals surface area contributed by atoms with Gasteiger partial charge in [0.15, 0.2) is 0 Å². The number of amides is 1. The van der Waals surface area contributed by atoms with Crippen molar-refractivity contribution in [2.24, 2.45) is 0 Å². The van der Waals surface area contributed by atoms with E-state index in [2.05, 4.69) is 11.4 Å². The first-order chi connectivity index (χ1) is 11.9. The third kappa shape index (κ3) is 5.61. The first kappa shape index (κ1) is 19.0. The molecule has 1 aromatic rings. The Morgan fingerprint density at radius 3 is 2.72 bits per heavy atom. The number of anilines is 1. The van der Waals surface area contributed by atoms with E-state index in [0.29, 0.717) is 6.54 Å². The Morgan fingerprint density at radius 1 is 1.32 bits per heavy atom. The smallest absolute Gasteiger partial charge is 0.240 e. The van der Waals surface area contributed by atoms with Crippen LogP contribution >= 0.6 is 0 Å². The van der Waals surface area contributed by atoms with Crippen molar-refractivity contribution in [3.63, 3.8) is 0 Å². The van der Waals surface area contributed by atoms with E-state index in [1.807, 2.05) is 6.07 Å². The molecule has 0 bridgehead atoms. The first-order valence-electron chi connectivity index (χ1n) is 8.33. The van der Waals surface area contributed by atoms with Gasteiger partial charge >= 0.3 is 0 Å². The largest absolute Gasteiger partial charge is 0.354 e. The van der Waals surface area contributed by atoms with Crippen molar-refractivity contribution in [3.05, 3.63) is 41.5 Å². The molecule has 2 rings (SSSR count). The van der Waals surface area contributed by atoms with Gasteiger partial charge in [-0.1, -0.05) is 23.8 Å². The lowest BCUT2D eigenvalue weighted by Crippen LogP contribution is -2.41. The van der Waals surface area contributed by atoms with Crippen LogP contribution in [0, 0.1) is 11.3 Å². The molecule has 0 atom stereocenters. The van der Waals surface area contributed by atoms with Gasteiger partial charge in [-0.25, -0.2) is 8.42 Å². The number of hydrogen-bond donors (Lipinski definition) is 1. The van der Waals surface area contributed by atoms with Gasteiger partial charge in [0.2, 0.25) is 15.9 Å². The van der Waals surface area contributed by atoms with Crippen LogP contribution in [0.25, 0.3) is 0 Å². The van der Waals surface area contributed by atoms with Crippen molar-refractivity contribution in [2.45, 2.75) is 32.1 Å². The maximum Gasteiger partial charge on any atom is 0.240 e. The first-order valence-corrected chi connectivity index (χ1v) is 10.2. The molecule has 0 aliphatic heterocycles. The van der Waals surface area contributed by atoms with Crippen LogP contribution in [-0.2, 0) is 14.8 Å². The maximum absolute atomic E-state index is 12.2. The minimum absolute atomic E-state index is 0.216. The Bertz CT molecular complexity index is 794. The lowest BCUT2D eigenvalue weighted by Gasteiger charge is -2.23. The third-order valence-corrected chi connectivity index (χ3v) is 5.26. The summed E-state index contributed by atoms with van der Waals surface area (Å²) < 4.78 is 25.1. The number of allylic oxidation sites excluding steroid dienone is 1. The fourth-order valence-electron chi connectivity index (χ4n) is 2.85. The van der Waals surface area contributed by atoms with Crippen molar-refractivity contribution in [3.8, 4) is 6.07 Å². The summed E-state index contributed by atoms with van der Waals surface area (Å²) in [6, 6.07) is 8.31. The second-order valence-corrected chi connectivity index (χ2v) is 8.01. The molecular formula is C18H23N3O3S. The predicted molar refractivity (Wildman–Crippen MR) is 97.5 cm³/mol. The Kier molecular flexibility index (Phi) is 6.59. The summed E-state index contributed by atoms with van der Waals surface area (Å²) in [5.74, 6) is -0.380. The van der Waals surface area contributed by atoms with E-state index in [-0.39, 0.29) is 23.7 Å². The molecule has 6 nitrogen and oxygen atoms in total. The number of nitrogens with one attached hydrogen (secondary N) is 1. The minimum atomic E-state index is -3.68. The number of carbonyl (C=O) groups excluding carboxylic acids is 1. The van der Waals surface area contributed by atoms with Crippen LogP contribution < -0.4 is 9.62 Å². The van der Waals surface area contributed by atoms with Gasteiger partial charge in [-0.2, -0.15) is 5.26 Å². The van der Waals surface area contributed by atoms with E-state index >= 15 is 0 Å². The second kappa shape index (κ2) is 8.67. The van der Waals surface area contributed by atoms with Crippen LogP contribution in [0.4, 0.5) is 5.69 Å². The minimum Gasteiger partial charge on any atom is -0.354 e. The Balaban J connectivity index is 2.01.